The van der Waals surface area contributed by atoms with Crippen molar-refractivity contribution in [1.82, 2.24) is 4.90 Å². The van der Waals surface area contributed by atoms with Crippen LogP contribution in [0.5, 0.6) is 0 Å². The number of ether oxygens (including phenoxy) is 2. The molecule has 0 aromatic carbocycles. The highest BCUT2D eigenvalue weighted by Gasteiger charge is 2.24. The summed E-state index contributed by atoms with van der Waals surface area (Å²) in [6, 6.07) is 0. The van der Waals surface area contributed by atoms with Crippen molar-refractivity contribution in [1.29, 1.82) is 0 Å². The Balaban J connectivity index is 4.15. The second-order valence-corrected chi connectivity index (χ2v) is 4.94. The largest absolute Gasteiger partial charge is 0.396 e. The maximum absolute atomic E-state index is 9.45. The molecule has 0 spiro atoms. The van der Waals surface area contributed by atoms with Crippen LogP contribution in [0.15, 0.2) is 0 Å². The molecule has 0 amide bonds. The van der Waals surface area contributed by atoms with Crippen LogP contribution >= 0.6 is 0 Å². The summed E-state index contributed by atoms with van der Waals surface area (Å²) in [6.45, 7) is 8.82. The van der Waals surface area contributed by atoms with Gasteiger partial charge in [0.15, 0.2) is 0 Å². The minimum atomic E-state index is -0.0131. The Labute approximate surface area is 106 Å². The number of nitrogens with zero attached hydrogens (tertiary/aromatic N) is 1. The summed E-state index contributed by atoms with van der Waals surface area (Å²) in [7, 11) is 3.45. The minimum absolute atomic E-state index is 0.0131. The Morgan fingerprint density at radius 1 is 1.12 bits per heavy atom. The Kier molecular flexibility index (Phi) is 9.74. The summed E-state index contributed by atoms with van der Waals surface area (Å²) >= 11 is 0. The highest BCUT2D eigenvalue weighted by atomic mass is 16.5. The highest BCUT2D eigenvalue weighted by molar-refractivity contribution is 4.76. The second kappa shape index (κ2) is 9.83. The van der Waals surface area contributed by atoms with Crippen LogP contribution in [0, 0.1) is 5.41 Å². The molecule has 4 nitrogen and oxygen atoms in total. The van der Waals surface area contributed by atoms with Crippen molar-refractivity contribution in [3.63, 3.8) is 0 Å². The van der Waals surface area contributed by atoms with Crippen molar-refractivity contribution in [2.75, 3.05) is 53.7 Å². The number of hydrogen-bond donors (Lipinski definition) is 1. The third-order valence-electron chi connectivity index (χ3n) is 3.28. The zero-order valence-corrected chi connectivity index (χ0v) is 11.9. The zero-order chi connectivity index (χ0) is 13.1. The summed E-state index contributed by atoms with van der Waals surface area (Å²) in [4.78, 5) is 2.35. The number of methoxy groups -OCH3 is 2. The standard InChI is InChI=1S/C13H29NO3/c1-5-13(2,12-15)11-14(8-10-17-4)7-6-9-16-3/h15H,5-12H2,1-4H3. The van der Waals surface area contributed by atoms with Crippen molar-refractivity contribution < 1.29 is 14.6 Å². The molecule has 0 aliphatic rings. The molecule has 0 aromatic heterocycles. The average Bonchev–Trinajstić information content (AvgIpc) is 2.35. The van der Waals surface area contributed by atoms with E-state index in [0.717, 1.165) is 45.7 Å². The molecule has 104 valence electrons. The first-order valence-corrected chi connectivity index (χ1v) is 6.43. The molecule has 17 heavy (non-hydrogen) atoms. The predicted molar refractivity (Wildman–Crippen MR) is 70.3 cm³/mol. The molecule has 0 fully saturated rings. The quantitative estimate of drug-likeness (QED) is 0.560. The number of aliphatic hydroxyl groups is 1. The van der Waals surface area contributed by atoms with Gasteiger partial charge < -0.3 is 19.5 Å². The van der Waals surface area contributed by atoms with E-state index in [4.69, 9.17) is 9.47 Å². The molecule has 1 atom stereocenters. The molecule has 1 unspecified atom stereocenters. The van der Waals surface area contributed by atoms with Gasteiger partial charge in [-0.1, -0.05) is 13.8 Å². The molecule has 0 rings (SSSR count). The van der Waals surface area contributed by atoms with Gasteiger partial charge in [0.1, 0.15) is 0 Å². The van der Waals surface area contributed by atoms with Crippen molar-refractivity contribution in [2.45, 2.75) is 26.7 Å². The predicted octanol–water partition coefficient (Wildman–Crippen LogP) is 1.38. The van der Waals surface area contributed by atoms with E-state index in [2.05, 4.69) is 18.7 Å². The van der Waals surface area contributed by atoms with Crippen molar-refractivity contribution in [2.24, 2.45) is 5.41 Å². The summed E-state index contributed by atoms with van der Waals surface area (Å²) in [5.74, 6) is 0. The van der Waals surface area contributed by atoms with Crippen molar-refractivity contribution >= 4 is 0 Å². The van der Waals surface area contributed by atoms with Gasteiger partial charge in [0.05, 0.1) is 6.61 Å². The summed E-state index contributed by atoms with van der Waals surface area (Å²) < 4.78 is 10.2. The molecular weight excluding hydrogens is 218 g/mol. The van der Waals surface area contributed by atoms with Gasteiger partial charge in [0.25, 0.3) is 0 Å². The minimum Gasteiger partial charge on any atom is -0.396 e. The molecule has 1 N–H and O–H groups in total. The van der Waals surface area contributed by atoms with Crippen LogP contribution in [0.3, 0.4) is 0 Å². The fourth-order valence-electron chi connectivity index (χ4n) is 1.74. The number of aliphatic hydroxyl groups excluding tert-OH is 1. The van der Waals surface area contributed by atoms with Gasteiger partial charge in [-0.05, 0) is 12.8 Å². The normalized spacial score (nSPS) is 15.2. The molecule has 4 heteroatoms. The third kappa shape index (κ3) is 7.71. The lowest BCUT2D eigenvalue weighted by Crippen LogP contribution is -2.40. The van der Waals surface area contributed by atoms with E-state index in [1.54, 1.807) is 14.2 Å². The van der Waals surface area contributed by atoms with Gasteiger partial charge >= 0.3 is 0 Å². The van der Waals surface area contributed by atoms with E-state index in [1.807, 2.05) is 0 Å². The van der Waals surface area contributed by atoms with Gasteiger partial charge in [-0.15, -0.1) is 0 Å². The number of rotatable bonds is 11. The topological polar surface area (TPSA) is 41.9 Å². The van der Waals surface area contributed by atoms with E-state index < -0.39 is 0 Å². The summed E-state index contributed by atoms with van der Waals surface area (Å²) in [5.41, 5.74) is -0.0131. The van der Waals surface area contributed by atoms with E-state index in [9.17, 15) is 5.11 Å². The lowest BCUT2D eigenvalue weighted by molar-refractivity contribution is 0.0630. The highest BCUT2D eigenvalue weighted by Crippen LogP contribution is 2.21. The fourth-order valence-corrected chi connectivity index (χ4v) is 1.74. The molecule has 0 heterocycles. The van der Waals surface area contributed by atoms with Gasteiger partial charge in [0.2, 0.25) is 0 Å². The maximum Gasteiger partial charge on any atom is 0.0589 e. The van der Waals surface area contributed by atoms with E-state index in [0.29, 0.717) is 0 Å². The van der Waals surface area contributed by atoms with Gasteiger partial charge in [-0.3, -0.25) is 0 Å². The second-order valence-electron chi connectivity index (χ2n) is 4.94. The van der Waals surface area contributed by atoms with Crippen LogP contribution in [0.4, 0.5) is 0 Å². The van der Waals surface area contributed by atoms with Crippen LogP contribution < -0.4 is 0 Å². The van der Waals surface area contributed by atoms with Crippen LogP contribution in [-0.2, 0) is 9.47 Å². The van der Waals surface area contributed by atoms with Gasteiger partial charge in [-0.25, -0.2) is 0 Å². The third-order valence-corrected chi connectivity index (χ3v) is 3.28. The van der Waals surface area contributed by atoms with E-state index >= 15 is 0 Å². The lowest BCUT2D eigenvalue weighted by atomic mass is 9.88. The summed E-state index contributed by atoms with van der Waals surface area (Å²) in [5, 5.41) is 9.45. The molecule has 0 saturated carbocycles. The first-order valence-electron chi connectivity index (χ1n) is 6.43. The number of hydrogen-bond acceptors (Lipinski definition) is 4. The van der Waals surface area contributed by atoms with Crippen molar-refractivity contribution in [3.8, 4) is 0 Å². The van der Waals surface area contributed by atoms with Crippen LogP contribution in [0.25, 0.3) is 0 Å². The maximum atomic E-state index is 9.45. The Morgan fingerprint density at radius 2 is 1.76 bits per heavy atom. The monoisotopic (exact) mass is 247 g/mol. The van der Waals surface area contributed by atoms with E-state index in [1.165, 1.54) is 0 Å². The SMILES string of the molecule is CCC(C)(CO)CN(CCCOC)CCOC. The zero-order valence-electron chi connectivity index (χ0n) is 11.9. The van der Waals surface area contributed by atoms with E-state index in [-0.39, 0.29) is 12.0 Å². The molecule has 0 bridgehead atoms. The molecule has 0 aliphatic heterocycles. The van der Waals surface area contributed by atoms with Crippen LogP contribution in [0.2, 0.25) is 0 Å². The Bertz CT molecular complexity index is 172. The smallest absolute Gasteiger partial charge is 0.0589 e. The van der Waals surface area contributed by atoms with Crippen LogP contribution in [0.1, 0.15) is 26.7 Å². The lowest BCUT2D eigenvalue weighted by Gasteiger charge is -2.33. The average molecular weight is 247 g/mol. The fraction of sp³-hybridized carbons (Fsp3) is 1.00. The molecule has 0 saturated heterocycles. The first kappa shape index (κ1) is 16.8. The molecule has 0 radical (unpaired) electrons. The van der Waals surface area contributed by atoms with Crippen LogP contribution in [-0.4, -0.2) is 63.7 Å². The van der Waals surface area contributed by atoms with Gasteiger partial charge in [-0.2, -0.15) is 0 Å². The van der Waals surface area contributed by atoms with Gasteiger partial charge in [0, 0.05) is 52.5 Å². The molecule has 0 aromatic rings. The summed E-state index contributed by atoms with van der Waals surface area (Å²) in [6.07, 6.45) is 2.00. The van der Waals surface area contributed by atoms with Crippen molar-refractivity contribution in [3.05, 3.63) is 0 Å². The first-order chi connectivity index (χ1) is 8.11. The Hall–Kier alpha value is -0.160. The molecule has 0 aliphatic carbocycles. The molecular formula is C13H29NO3. The Morgan fingerprint density at radius 3 is 2.24 bits per heavy atom.